The molecule has 5 nitrogen and oxygen atoms in total. The Bertz CT molecular complexity index is 899. The van der Waals surface area contributed by atoms with Crippen LogP contribution in [0.1, 0.15) is 21.6 Å². The molecule has 0 aliphatic rings. The van der Waals surface area contributed by atoms with Crippen LogP contribution in [0.3, 0.4) is 0 Å². The van der Waals surface area contributed by atoms with Crippen molar-refractivity contribution in [1.29, 1.82) is 5.26 Å². The zero-order valence-corrected chi connectivity index (χ0v) is 13.4. The van der Waals surface area contributed by atoms with Gasteiger partial charge in [0.25, 0.3) is 5.91 Å². The molecule has 1 heterocycles. The van der Waals surface area contributed by atoms with E-state index in [1.807, 2.05) is 48.5 Å². The van der Waals surface area contributed by atoms with Gasteiger partial charge in [0.15, 0.2) is 0 Å². The molecule has 0 aliphatic heterocycles. The molecule has 1 amide bonds. The number of benzene rings is 2. The van der Waals surface area contributed by atoms with Crippen molar-refractivity contribution >= 4 is 17.3 Å². The number of anilines is 2. The monoisotopic (exact) mass is 328 g/mol. The maximum atomic E-state index is 12.2. The zero-order chi connectivity index (χ0) is 17.5. The number of amides is 1. The molecule has 5 heteroatoms. The summed E-state index contributed by atoms with van der Waals surface area (Å²) in [5.74, 6) is -0.229. The molecular formula is C20H16N4O. The number of nitrogens with zero attached hydrogens (tertiary/aromatic N) is 2. The van der Waals surface area contributed by atoms with Crippen molar-refractivity contribution in [2.45, 2.75) is 6.54 Å². The molecule has 0 atom stereocenters. The van der Waals surface area contributed by atoms with E-state index in [1.165, 1.54) is 0 Å². The third kappa shape index (κ3) is 4.21. The Hall–Kier alpha value is -3.65. The fourth-order valence-corrected chi connectivity index (χ4v) is 2.32. The number of aromatic nitrogens is 1. The summed E-state index contributed by atoms with van der Waals surface area (Å²) in [7, 11) is 0. The SMILES string of the molecule is N#Cc1ccccc1Nc1ccc(C(=O)NCc2ccccc2)nc1. The highest BCUT2D eigenvalue weighted by Crippen LogP contribution is 2.19. The van der Waals surface area contributed by atoms with E-state index in [0.29, 0.717) is 29.2 Å². The van der Waals surface area contributed by atoms with E-state index in [0.717, 1.165) is 5.56 Å². The summed E-state index contributed by atoms with van der Waals surface area (Å²) < 4.78 is 0. The number of hydrogen-bond donors (Lipinski definition) is 2. The molecule has 0 saturated carbocycles. The van der Waals surface area contributed by atoms with Crippen LogP contribution >= 0.6 is 0 Å². The number of hydrogen-bond acceptors (Lipinski definition) is 4. The van der Waals surface area contributed by atoms with Gasteiger partial charge in [0, 0.05) is 6.54 Å². The minimum Gasteiger partial charge on any atom is -0.353 e. The number of carbonyl (C=O) groups excluding carboxylic acids is 1. The summed E-state index contributed by atoms with van der Waals surface area (Å²) in [6.07, 6.45) is 1.57. The first-order chi connectivity index (χ1) is 12.3. The second-order valence-electron chi connectivity index (χ2n) is 5.38. The van der Waals surface area contributed by atoms with E-state index >= 15 is 0 Å². The summed E-state index contributed by atoms with van der Waals surface area (Å²) in [5, 5.41) is 15.1. The van der Waals surface area contributed by atoms with Crippen molar-refractivity contribution in [2.75, 3.05) is 5.32 Å². The van der Waals surface area contributed by atoms with E-state index in [1.54, 1.807) is 24.4 Å². The quantitative estimate of drug-likeness (QED) is 0.750. The van der Waals surface area contributed by atoms with Crippen molar-refractivity contribution in [3.05, 3.63) is 89.7 Å². The molecule has 1 aromatic heterocycles. The molecule has 0 unspecified atom stereocenters. The van der Waals surface area contributed by atoms with Crippen LogP contribution < -0.4 is 10.6 Å². The summed E-state index contributed by atoms with van der Waals surface area (Å²) >= 11 is 0. The van der Waals surface area contributed by atoms with Crippen LogP contribution in [0.25, 0.3) is 0 Å². The Morgan fingerprint density at radius 3 is 2.48 bits per heavy atom. The first-order valence-corrected chi connectivity index (χ1v) is 7.80. The van der Waals surface area contributed by atoms with Gasteiger partial charge in [-0.1, -0.05) is 42.5 Å². The van der Waals surface area contributed by atoms with Crippen LogP contribution in [-0.4, -0.2) is 10.9 Å². The van der Waals surface area contributed by atoms with Gasteiger partial charge in [-0.2, -0.15) is 5.26 Å². The second-order valence-corrected chi connectivity index (χ2v) is 5.38. The van der Waals surface area contributed by atoms with Crippen molar-refractivity contribution in [1.82, 2.24) is 10.3 Å². The van der Waals surface area contributed by atoms with Gasteiger partial charge < -0.3 is 10.6 Å². The summed E-state index contributed by atoms with van der Waals surface area (Å²) in [6.45, 7) is 0.455. The fourth-order valence-electron chi connectivity index (χ4n) is 2.32. The molecule has 122 valence electrons. The minimum atomic E-state index is -0.229. The number of nitrogens with one attached hydrogen (secondary N) is 2. The molecule has 0 spiro atoms. The van der Waals surface area contributed by atoms with Crippen LogP contribution in [0.5, 0.6) is 0 Å². The molecule has 2 aromatic carbocycles. The minimum absolute atomic E-state index is 0.229. The largest absolute Gasteiger partial charge is 0.353 e. The van der Waals surface area contributed by atoms with Gasteiger partial charge in [-0.25, -0.2) is 4.98 Å². The van der Waals surface area contributed by atoms with Crippen LogP contribution in [0.4, 0.5) is 11.4 Å². The van der Waals surface area contributed by atoms with Crippen molar-refractivity contribution in [3.63, 3.8) is 0 Å². The van der Waals surface area contributed by atoms with Gasteiger partial charge in [-0.15, -0.1) is 0 Å². The average molecular weight is 328 g/mol. The Morgan fingerprint density at radius 2 is 1.76 bits per heavy atom. The summed E-state index contributed by atoms with van der Waals surface area (Å²) in [5.41, 5.74) is 3.33. The van der Waals surface area contributed by atoms with Gasteiger partial charge in [-0.3, -0.25) is 4.79 Å². The molecule has 0 aliphatic carbocycles. The molecular weight excluding hydrogens is 312 g/mol. The van der Waals surface area contributed by atoms with Gasteiger partial charge in [0.2, 0.25) is 0 Å². The first-order valence-electron chi connectivity index (χ1n) is 7.80. The zero-order valence-electron chi connectivity index (χ0n) is 13.4. The Morgan fingerprint density at radius 1 is 1.00 bits per heavy atom. The van der Waals surface area contributed by atoms with E-state index in [2.05, 4.69) is 21.7 Å². The van der Waals surface area contributed by atoms with Crippen molar-refractivity contribution in [3.8, 4) is 6.07 Å². The normalized spacial score (nSPS) is 9.88. The highest BCUT2D eigenvalue weighted by atomic mass is 16.1. The van der Waals surface area contributed by atoms with Crippen molar-refractivity contribution in [2.24, 2.45) is 0 Å². The topological polar surface area (TPSA) is 77.8 Å². The van der Waals surface area contributed by atoms with E-state index in [9.17, 15) is 4.79 Å². The first kappa shape index (κ1) is 16.2. The number of para-hydroxylation sites is 1. The third-order valence-electron chi connectivity index (χ3n) is 3.62. The third-order valence-corrected chi connectivity index (χ3v) is 3.62. The Balaban J connectivity index is 1.64. The van der Waals surface area contributed by atoms with E-state index < -0.39 is 0 Å². The van der Waals surface area contributed by atoms with Gasteiger partial charge in [0.05, 0.1) is 23.1 Å². The number of pyridine rings is 1. The molecule has 0 fully saturated rings. The van der Waals surface area contributed by atoms with Crippen LogP contribution in [0.2, 0.25) is 0 Å². The Labute approximate surface area is 146 Å². The molecule has 0 radical (unpaired) electrons. The molecule has 2 N–H and O–H groups in total. The van der Waals surface area contributed by atoms with Crippen LogP contribution in [0, 0.1) is 11.3 Å². The predicted octanol–water partition coefficient (Wildman–Crippen LogP) is 3.63. The highest BCUT2D eigenvalue weighted by molar-refractivity contribution is 5.92. The number of rotatable bonds is 5. The molecule has 0 saturated heterocycles. The van der Waals surface area contributed by atoms with E-state index in [-0.39, 0.29) is 5.91 Å². The van der Waals surface area contributed by atoms with Gasteiger partial charge in [0.1, 0.15) is 11.8 Å². The van der Waals surface area contributed by atoms with Gasteiger partial charge in [-0.05, 0) is 29.8 Å². The second kappa shape index (κ2) is 7.75. The number of carbonyl (C=O) groups is 1. The molecule has 3 aromatic rings. The van der Waals surface area contributed by atoms with Crippen LogP contribution in [-0.2, 0) is 6.54 Å². The predicted molar refractivity (Wildman–Crippen MR) is 96.3 cm³/mol. The molecule has 0 bridgehead atoms. The van der Waals surface area contributed by atoms with Crippen LogP contribution in [0.15, 0.2) is 72.9 Å². The maximum absolute atomic E-state index is 12.2. The van der Waals surface area contributed by atoms with E-state index in [4.69, 9.17) is 5.26 Å². The fraction of sp³-hybridized carbons (Fsp3) is 0.0500. The summed E-state index contributed by atoms with van der Waals surface area (Å²) in [4.78, 5) is 16.3. The summed E-state index contributed by atoms with van der Waals surface area (Å²) in [6, 6.07) is 22.5. The molecule has 3 rings (SSSR count). The lowest BCUT2D eigenvalue weighted by atomic mass is 10.2. The lowest BCUT2D eigenvalue weighted by molar-refractivity contribution is 0.0946. The van der Waals surface area contributed by atoms with Crippen molar-refractivity contribution < 1.29 is 4.79 Å². The Kier molecular flexibility index (Phi) is 5.03. The number of nitriles is 1. The smallest absolute Gasteiger partial charge is 0.270 e. The lowest BCUT2D eigenvalue weighted by Gasteiger charge is -2.09. The van der Waals surface area contributed by atoms with Gasteiger partial charge >= 0.3 is 0 Å². The molecule has 25 heavy (non-hydrogen) atoms. The lowest BCUT2D eigenvalue weighted by Crippen LogP contribution is -2.23. The average Bonchev–Trinajstić information content (AvgIpc) is 2.68. The standard InChI is InChI=1S/C20H16N4O/c21-12-16-8-4-5-9-18(16)24-17-10-11-19(22-14-17)20(25)23-13-15-6-2-1-3-7-15/h1-11,14,24H,13H2,(H,23,25). The highest BCUT2D eigenvalue weighted by Gasteiger charge is 2.07. The maximum Gasteiger partial charge on any atom is 0.270 e.